The maximum atomic E-state index is 6.67. The van der Waals surface area contributed by atoms with Crippen molar-refractivity contribution in [3.63, 3.8) is 0 Å². The summed E-state index contributed by atoms with van der Waals surface area (Å²) in [6, 6.07) is 20.8. The van der Waals surface area contributed by atoms with Crippen LogP contribution in [0.4, 0.5) is 0 Å². The van der Waals surface area contributed by atoms with E-state index in [1.54, 1.807) is 0 Å². The van der Waals surface area contributed by atoms with Gasteiger partial charge in [0.1, 0.15) is 0 Å². The zero-order valence-electron chi connectivity index (χ0n) is 22.7. The van der Waals surface area contributed by atoms with E-state index in [2.05, 4.69) is 126 Å². The molecule has 184 valence electrons. The second-order valence-corrected chi connectivity index (χ2v) is 20.5. The molecule has 0 radical (unpaired) electrons. The molecule has 2 aromatic rings. The van der Waals surface area contributed by atoms with Crippen molar-refractivity contribution in [3.05, 3.63) is 71.3 Å². The van der Waals surface area contributed by atoms with Crippen LogP contribution in [-0.2, 0) is 8.85 Å². The van der Waals surface area contributed by atoms with E-state index in [1.807, 2.05) is 0 Å². The zero-order chi connectivity index (χ0) is 24.8. The van der Waals surface area contributed by atoms with Crippen molar-refractivity contribution >= 4 is 16.6 Å². The maximum absolute atomic E-state index is 6.67. The highest BCUT2D eigenvalue weighted by atomic mass is 28.4. The van der Waals surface area contributed by atoms with Gasteiger partial charge in [-0.3, -0.25) is 4.90 Å². The van der Waals surface area contributed by atoms with Crippen LogP contribution in [0.2, 0.25) is 39.3 Å². The molecule has 0 aromatic heterocycles. The van der Waals surface area contributed by atoms with Crippen LogP contribution in [0.5, 0.6) is 0 Å². The summed E-state index contributed by atoms with van der Waals surface area (Å²) in [5.74, 6) is 0.292. The Kier molecular flexibility index (Phi) is 10.1. The summed E-state index contributed by atoms with van der Waals surface area (Å²) in [4.78, 5) is 2.59. The number of hydrogen-bond donors (Lipinski definition) is 0. The number of benzene rings is 2. The van der Waals surface area contributed by atoms with Crippen molar-refractivity contribution in [1.82, 2.24) is 4.90 Å². The first kappa shape index (κ1) is 28.0. The van der Waals surface area contributed by atoms with Gasteiger partial charge in [0.15, 0.2) is 22.9 Å². The molecule has 2 aromatic carbocycles. The molecule has 0 amide bonds. The van der Waals surface area contributed by atoms with Crippen LogP contribution in [0, 0.1) is 0 Å². The predicted octanol–water partition coefficient (Wildman–Crippen LogP) is 8.03. The van der Waals surface area contributed by atoms with Crippen molar-refractivity contribution in [1.29, 1.82) is 0 Å². The van der Waals surface area contributed by atoms with Crippen molar-refractivity contribution in [2.75, 3.05) is 6.54 Å². The van der Waals surface area contributed by atoms with E-state index in [9.17, 15) is 0 Å². The lowest BCUT2D eigenvalue weighted by molar-refractivity contribution is -0.0105. The molecule has 0 aliphatic rings. The molecule has 1 unspecified atom stereocenters. The van der Waals surface area contributed by atoms with Gasteiger partial charge in [0.25, 0.3) is 0 Å². The first-order valence-corrected chi connectivity index (χ1v) is 19.4. The van der Waals surface area contributed by atoms with E-state index >= 15 is 0 Å². The first-order valence-electron chi connectivity index (χ1n) is 12.5. The van der Waals surface area contributed by atoms with Gasteiger partial charge in [0.2, 0.25) is 0 Å². The van der Waals surface area contributed by atoms with E-state index in [4.69, 9.17) is 8.85 Å². The lowest BCUT2D eigenvalue weighted by Crippen LogP contribution is -2.38. The highest BCUT2D eigenvalue weighted by Crippen LogP contribution is 2.37. The van der Waals surface area contributed by atoms with E-state index in [1.165, 1.54) is 16.7 Å². The Morgan fingerprint density at radius 1 is 0.667 bits per heavy atom. The van der Waals surface area contributed by atoms with Gasteiger partial charge in [-0.1, -0.05) is 54.6 Å². The molecule has 0 aliphatic carbocycles. The molecule has 2 rings (SSSR count). The van der Waals surface area contributed by atoms with E-state index in [0.717, 1.165) is 13.0 Å². The van der Waals surface area contributed by atoms with Crippen molar-refractivity contribution < 1.29 is 8.85 Å². The van der Waals surface area contributed by atoms with Gasteiger partial charge in [-0.15, -0.1) is 0 Å². The summed E-state index contributed by atoms with van der Waals surface area (Å²) < 4.78 is 13.3. The van der Waals surface area contributed by atoms with Crippen molar-refractivity contribution in [3.8, 4) is 0 Å². The molecule has 0 fully saturated rings. The lowest BCUT2D eigenvalue weighted by Gasteiger charge is -2.35. The highest BCUT2D eigenvalue weighted by molar-refractivity contribution is 6.70. The van der Waals surface area contributed by atoms with Crippen molar-refractivity contribution in [2.24, 2.45) is 0 Å². The van der Waals surface area contributed by atoms with Crippen LogP contribution in [0.25, 0.3) is 0 Å². The molecular weight excluding hydrogens is 438 g/mol. The van der Waals surface area contributed by atoms with Crippen LogP contribution in [0.3, 0.4) is 0 Å². The molecule has 1 atom stereocenters. The molecule has 5 heteroatoms. The molecule has 0 saturated carbocycles. The Hall–Kier alpha value is -1.25. The molecule has 33 heavy (non-hydrogen) atoms. The molecule has 0 bridgehead atoms. The zero-order valence-corrected chi connectivity index (χ0v) is 24.7. The van der Waals surface area contributed by atoms with E-state index < -0.39 is 16.6 Å². The van der Waals surface area contributed by atoms with Crippen LogP contribution >= 0.6 is 0 Å². The van der Waals surface area contributed by atoms with Gasteiger partial charge in [0.05, 0.1) is 0 Å². The molecular formula is C28H47NO2Si2. The molecule has 0 spiro atoms. The molecule has 3 nitrogen and oxygen atoms in total. The topological polar surface area (TPSA) is 21.7 Å². The summed E-state index contributed by atoms with van der Waals surface area (Å²) >= 11 is 0. The quantitative estimate of drug-likeness (QED) is 0.224. The minimum Gasteiger partial charge on any atom is -0.390 e. The second kappa shape index (κ2) is 11.9. The average molecular weight is 486 g/mol. The Bertz CT molecular complexity index is 817. The van der Waals surface area contributed by atoms with Crippen LogP contribution in [-0.4, -0.2) is 40.2 Å². The van der Waals surface area contributed by atoms with Gasteiger partial charge in [0, 0.05) is 23.6 Å². The predicted molar refractivity (Wildman–Crippen MR) is 148 cm³/mol. The minimum absolute atomic E-state index is 0.292. The van der Waals surface area contributed by atoms with Gasteiger partial charge >= 0.3 is 0 Å². The average Bonchev–Trinajstić information content (AvgIpc) is 2.69. The lowest BCUT2D eigenvalue weighted by atomic mass is 9.85. The fraction of sp³-hybridized carbons (Fsp3) is 0.571. The smallest absolute Gasteiger partial charge is 0.187 e. The Morgan fingerprint density at radius 3 is 1.58 bits per heavy atom. The standard InChI is InChI=1S/C28H47NO2Si2/c1-22(2)29(23(3)4)21-20-25(24-16-12-11-13-17-24)26-18-14-15-19-27(26)28(30-32(5,6)7)31-33(8,9)10/h11-19,22-23,25,28H,20-21H2,1-10H3. The third-order valence-electron chi connectivity index (χ3n) is 5.75. The van der Waals surface area contributed by atoms with Crippen molar-refractivity contribution in [2.45, 2.75) is 97.7 Å². The van der Waals surface area contributed by atoms with E-state index in [0.29, 0.717) is 18.0 Å². The summed E-state index contributed by atoms with van der Waals surface area (Å²) in [6.07, 6.45) is 0.751. The molecule has 0 aliphatic heterocycles. The maximum Gasteiger partial charge on any atom is 0.187 e. The third-order valence-corrected chi connectivity index (χ3v) is 7.59. The van der Waals surface area contributed by atoms with Gasteiger partial charge < -0.3 is 8.85 Å². The fourth-order valence-corrected chi connectivity index (χ4v) is 6.14. The summed E-state index contributed by atoms with van der Waals surface area (Å²) in [7, 11) is -3.63. The Morgan fingerprint density at radius 2 is 1.12 bits per heavy atom. The monoisotopic (exact) mass is 485 g/mol. The molecule has 0 N–H and O–H groups in total. The number of nitrogens with zero attached hydrogens (tertiary/aromatic N) is 1. The summed E-state index contributed by atoms with van der Waals surface area (Å²) in [6.45, 7) is 23.7. The summed E-state index contributed by atoms with van der Waals surface area (Å²) in [5.41, 5.74) is 3.88. The highest BCUT2D eigenvalue weighted by Gasteiger charge is 2.31. The van der Waals surface area contributed by atoms with Crippen LogP contribution in [0.15, 0.2) is 54.6 Å². The minimum atomic E-state index is -1.82. The Balaban J connectivity index is 2.53. The van der Waals surface area contributed by atoms with Crippen LogP contribution < -0.4 is 0 Å². The largest absolute Gasteiger partial charge is 0.390 e. The number of rotatable bonds is 12. The SMILES string of the molecule is CC(C)N(CCC(c1ccccc1)c1ccccc1C(O[Si](C)(C)C)O[Si](C)(C)C)C(C)C. The molecule has 0 heterocycles. The molecule has 0 saturated heterocycles. The third kappa shape index (κ3) is 9.14. The Labute approximate surface area is 205 Å². The number of hydrogen-bond acceptors (Lipinski definition) is 3. The van der Waals surface area contributed by atoms with E-state index in [-0.39, 0.29) is 6.29 Å². The first-order chi connectivity index (χ1) is 15.3. The van der Waals surface area contributed by atoms with Gasteiger partial charge in [-0.25, -0.2) is 0 Å². The fourth-order valence-electron chi connectivity index (χ4n) is 4.41. The normalized spacial score (nSPS) is 14.0. The summed E-state index contributed by atoms with van der Waals surface area (Å²) in [5, 5.41) is 0. The van der Waals surface area contributed by atoms with Gasteiger partial charge in [-0.05, 0) is 91.1 Å². The van der Waals surface area contributed by atoms with Gasteiger partial charge in [-0.2, -0.15) is 0 Å². The van der Waals surface area contributed by atoms with Crippen LogP contribution in [0.1, 0.15) is 63.0 Å². The second-order valence-electron chi connectivity index (χ2n) is 11.6.